The summed E-state index contributed by atoms with van der Waals surface area (Å²) in [5.41, 5.74) is 5.03. The van der Waals surface area contributed by atoms with Gasteiger partial charge in [0.1, 0.15) is 0 Å². The van der Waals surface area contributed by atoms with Gasteiger partial charge in [-0.3, -0.25) is 9.59 Å². The molecule has 0 spiro atoms. The average Bonchev–Trinajstić information content (AvgIpc) is 3.08. The molecule has 6 aromatic rings. The maximum atomic E-state index is 11.9. The number of carbonyl (C=O) groups excluding carboxylic acids is 2. The van der Waals surface area contributed by atoms with Crippen molar-refractivity contribution in [3.05, 3.63) is 118 Å². The van der Waals surface area contributed by atoms with Gasteiger partial charge in [-0.15, -0.1) is 0 Å². The lowest BCUT2D eigenvalue weighted by molar-refractivity contribution is 0.0934. The molecular formula is C41H50BrN9O2. The van der Waals surface area contributed by atoms with Crippen molar-refractivity contribution in [1.82, 2.24) is 30.6 Å². The number of nitrogens with one attached hydrogen (secondary N) is 4. The van der Waals surface area contributed by atoms with E-state index in [9.17, 15) is 9.59 Å². The van der Waals surface area contributed by atoms with E-state index in [2.05, 4.69) is 63.2 Å². The van der Waals surface area contributed by atoms with Crippen LogP contribution in [0.1, 0.15) is 83.7 Å². The Morgan fingerprint density at radius 3 is 1.45 bits per heavy atom. The van der Waals surface area contributed by atoms with Gasteiger partial charge in [-0.2, -0.15) is 5.26 Å². The lowest BCUT2D eigenvalue weighted by Gasteiger charge is -2.09. The summed E-state index contributed by atoms with van der Waals surface area (Å²) in [4.78, 5) is 41.4. The Labute approximate surface area is 321 Å². The largest absolute Gasteiger partial charge is 0.350 e. The molecule has 4 aromatic carbocycles. The fourth-order valence-corrected chi connectivity index (χ4v) is 4.97. The number of halogens is 1. The second-order valence-corrected chi connectivity index (χ2v) is 12.6. The van der Waals surface area contributed by atoms with Crippen molar-refractivity contribution in [2.75, 3.05) is 10.6 Å². The fraction of sp³-hybridized carbons (Fsp3) is 0.244. The van der Waals surface area contributed by atoms with E-state index in [1.54, 1.807) is 54.9 Å². The van der Waals surface area contributed by atoms with Crippen LogP contribution in [0.5, 0.6) is 0 Å². The first-order valence-corrected chi connectivity index (χ1v) is 16.3. The van der Waals surface area contributed by atoms with Crippen LogP contribution in [0.2, 0.25) is 0 Å². The molecule has 0 bridgehead atoms. The standard InChI is InChI=1S/C19H17N5O.C18H17BrN4O.4CH4/c1-12(2)22-18(25)14-4-6-16(7-5-14)23-19-21-11-15-9-13(10-20)3-8-17(15)24-19;1-11(2)21-17(24)12-3-6-15(7-4-12)22-18-20-10-13-9-14(19)5-8-16(13)23-18;;;;/h3-9,11-12H,1-2H3,(H,22,25)(H,21,23,24);3-11H,1-2H3,(H,21,24)(H,20,22,23);4*1H4. The molecule has 0 saturated carbocycles. The summed E-state index contributed by atoms with van der Waals surface area (Å²) < 4.78 is 0.995. The fourth-order valence-electron chi connectivity index (χ4n) is 4.59. The summed E-state index contributed by atoms with van der Waals surface area (Å²) in [7, 11) is 0. The van der Waals surface area contributed by atoms with E-state index in [0.29, 0.717) is 28.6 Å². The Morgan fingerprint density at radius 1 is 0.623 bits per heavy atom. The summed E-state index contributed by atoms with van der Waals surface area (Å²) in [6.45, 7) is 7.71. The summed E-state index contributed by atoms with van der Waals surface area (Å²) >= 11 is 3.43. The molecule has 0 aliphatic heterocycles. The maximum absolute atomic E-state index is 11.9. The first-order chi connectivity index (χ1) is 23.6. The number of hydrogen-bond donors (Lipinski definition) is 4. The van der Waals surface area contributed by atoms with Crippen LogP contribution in [0.25, 0.3) is 21.8 Å². The highest BCUT2D eigenvalue weighted by molar-refractivity contribution is 9.10. The molecule has 2 aromatic heterocycles. The number of nitriles is 1. The third-order valence-corrected chi connectivity index (χ3v) is 7.39. The first-order valence-electron chi connectivity index (χ1n) is 15.5. The number of hydrogen-bond acceptors (Lipinski definition) is 9. The van der Waals surface area contributed by atoms with Crippen LogP contribution in [0.15, 0.2) is 102 Å². The lowest BCUT2D eigenvalue weighted by atomic mass is 10.1. The van der Waals surface area contributed by atoms with Gasteiger partial charge in [-0.25, -0.2) is 19.9 Å². The van der Waals surface area contributed by atoms with Gasteiger partial charge in [0.05, 0.1) is 22.7 Å². The highest BCUT2D eigenvalue weighted by atomic mass is 79.9. The van der Waals surface area contributed by atoms with E-state index < -0.39 is 0 Å². The molecule has 0 radical (unpaired) electrons. The van der Waals surface area contributed by atoms with Crippen LogP contribution >= 0.6 is 15.9 Å². The topological polar surface area (TPSA) is 158 Å². The van der Waals surface area contributed by atoms with Gasteiger partial charge in [0.15, 0.2) is 0 Å². The van der Waals surface area contributed by atoms with Gasteiger partial charge in [0, 0.05) is 62.2 Å². The quantitative estimate of drug-likeness (QED) is 0.118. The average molecular weight is 781 g/mol. The maximum Gasteiger partial charge on any atom is 0.251 e. The summed E-state index contributed by atoms with van der Waals surface area (Å²) in [5, 5.41) is 22.7. The van der Waals surface area contributed by atoms with E-state index in [0.717, 1.165) is 37.7 Å². The first kappa shape index (κ1) is 45.1. The van der Waals surface area contributed by atoms with Crippen molar-refractivity contribution in [2.45, 2.75) is 69.5 Å². The van der Waals surface area contributed by atoms with Gasteiger partial charge < -0.3 is 21.3 Å². The second kappa shape index (κ2) is 20.8. The van der Waals surface area contributed by atoms with Gasteiger partial charge in [-0.1, -0.05) is 45.6 Å². The minimum absolute atomic E-state index is 0. The number of anilines is 4. The highest BCUT2D eigenvalue weighted by Gasteiger charge is 2.09. The van der Waals surface area contributed by atoms with E-state index in [1.165, 1.54) is 0 Å². The molecule has 2 amide bonds. The second-order valence-electron chi connectivity index (χ2n) is 11.6. The molecule has 0 fully saturated rings. The monoisotopic (exact) mass is 779 g/mol. The van der Waals surface area contributed by atoms with Crippen molar-refractivity contribution < 1.29 is 9.59 Å². The van der Waals surface area contributed by atoms with Gasteiger partial charge in [0.25, 0.3) is 11.8 Å². The zero-order valence-corrected chi connectivity index (χ0v) is 28.9. The van der Waals surface area contributed by atoms with Crippen molar-refractivity contribution in [3.63, 3.8) is 0 Å². The Bertz CT molecular complexity index is 2150. The van der Waals surface area contributed by atoms with Gasteiger partial charge in [-0.05, 0) is 113 Å². The van der Waals surface area contributed by atoms with E-state index in [4.69, 9.17) is 5.26 Å². The minimum Gasteiger partial charge on any atom is -0.350 e. The summed E-state index contributed by atoms with van der Waals surface area (Å²) in [5.74, 6) is 0.793. The summed E-state index contributed by atoms with van der Waals surface area (Å²) in [6, 6.07) is 27.8. The molecule has 0 saturated heterocycles. The number of fused-ring (bicyclic) bond motifs is 2. The lowest BCUT2D eigenvalue weighted by Crippen LogP contribution is -2.29. The van der Waals surface area contributed by atoms with Crippen molar-refractivity contribution in [3.8, 4) is 6.07 Å². The van der Waals surface area contributed by atoms with Crippen LogP contribution in [0, 0.1) is 11.3 Å². The number of benzene rings is 4. The molecular weight excluding hydrogens is 730 g/mol. The van der Waals surface area contributed by atoms with Crippen LogP contribution < -0.4 is 21.3 Å². The van der Waals surface area contributed by atoms with Crippen molar-refractivity contribution in [2.24, 2.45) is 0 Å². The highest BCUT2D eigenvalue weighted by Crippen LogP contribution is 2.21. The van der Waals surface area contributed by atoms with E-state index in [-0.39, 0.29) is 53.6 Å². The van der Waals surface area contributed by atoms with E-state index >= 15 is 0 Å². The minimum atomic E-state index is -0.100. The van der Waals surface area contributed by atoms with Crippen LogP contribution in [-0.4, -0.2) is 43.8 Å². The third-order valence-electron chi connectivity index (χ3n) is 6.90. The smallest absolute Gasteiger partial charge is 0.251 e. The number of rotatable bonds is 8. The Kier molecular flexibility index (Phi) is 17.7. The third kappa shape index (κ3) is 12.7. The summed E-state index contributed by atoms with van der Waals surface area (Å²) in [6.07, 6.45) is 3.45. The zero-order chi connectivity index (χ0) is 34.9. The SMILES string of the molecule is C.C.C.C.CC(C)NC(=O)c1ccc(Nc2ncc3cc(Br)ccc3n2)cc1.CC(C)NC(=O)c1ccc(Nc2ncc3cc(C#N)ccc3n2)cc1. The molecule has 0 aliphatic rings. The molecule has 0 atom stereocenters. The molecule has 53 heavy (non-hydrogen) atoms. The molecule has 11 nitrogen and oxygen atoms in total. The van der Waals surface area contributed by atoms with Crippen molar-refractivity contribution in [1.29, 1.82) is 5.26 Å². The number of nitrogens with zero attached hydrogens (tertiary/aromatic N) is 5. The Balaban J connectivity index is 0.000000493. The molecule has 0 unspecified atom stereocenters. The van der Waals surface area contributed by atoms with Gasteiger partial charge in [0.2, 0.25) is 11.9 Å². The molecule has 6 rings (SSSR count). The predicted octanol–water partition coefficient (Wildman–Crippen LogP) is 10.2. The molecule has 278 valence electrons. The predicted molar refractivity (Wildman–Crippen MR) is 223 cm³/mol. The van der Waals surface area contributed by atoms with Crippen LogP contribution in [0.4, 0.5) is 23.3 Å². The molecule has 12 heteroatoms. The Morgan fingerprint density at radius 2 is 1.04 bits per heavy atom. The number of amides is 2. The number of carbonyl (C=O) groups is 2. The Hall–Kier alpha value is -5.93. The van der Waals surface area contributed by atoms with Crippen LogP contribution in [-0.2, 0) is 0 Å². The molecule has 4 N–H and O–H groups in total. The van der Waals surface area contributed by atoms with Crippen molar-refractivity contribution >= 4 is 72.8 Å². The van der Waals surface area contributed by atoms with Crippen LogP contribution in [0.3, 0.4) is 0 Å². The zero-order valence-electron chi connectivity index (χ0n) is 27.3. The normalized spacial score (nSPS) is 9.85. The van der Waals surface area contributed by atoms with Gasteiger partial charge >= 0.3 is 0 Å². The molecule has 2 heterocycles. The molecule has 0 aliphatic carbocycles. The van der Waals surface area contributed by atoms with E-state index in [1.807, 2.05) is 70.2 Å². The number of aromatic nitrogens is 4.